The number of hydrogen-bond donors (Lipinski definition) is 0. The molecule has 2 aromatic carbocycles. The minimum Gasteiger partial charge on any atom is -0.497 e. The first-order valence-electron chi connectivity index (χ1n) is 9.67. The molecule has 0 fully saturated rings. The van der Waals surface area contributed by atoms with Gasteiger partial charge in [-0.25, -0.2) is 18.2 Å². The zero-order chi connectivity index (χ0) is 23.1. The van der Waals surface area contributed by atoms with E-state index in [1.807, 2.05) is 24.3 Å². The highest BCUT2D eigenvalue weighted by Gasteiger charge is 2.26. The molecule has 1 heterocycles. The summed E-state index contributed by atoms with van der Waals surface area (Å²) < 4.78 is 43.2. The van der Waals surface area contributed by atoms with Crippen LogP contribution in [0.25, 0.3) is 0 Å². The van der Waals surface area contributed by atoms with Crippen LogP contribution in [0, 0.1) is 0 Å². The number of sulfonamides is 1. The number of benzene rings is 2. The number of nitrogens with zero attached hydrogens (tertiary/aromatic N) is 2. The minimum absolute atomic E-state index is 0.0211. The highest BCUT2D eigenvalue weighted by molar-refractivity contribution is 7.89. The largest absolute Gasteiger partial charge is 0.497 e. The predicted octanol–water partition coefficient (Wildman–Crippen LogP) is 3.28. The maximum absolute atomic E-state index is 13.5. The van der Waals surface area contributed by atoms with Crippen LogP contribution in [0.15, 0.2) is 71.8 Å². The van der Waals surface area contributed by atoms with Crippen LogP contribution in [-0.2, 0) is 27.8 Å². The summed E-state index contributed by atoms with van der Waals surface area (Å²) >= 11 is 0. The van der Waals surface area contributed by atoms with Gasteiger partial charge >= 0.3 is 5.97 Å². The molecule has 1 aromatic heterocycles. The van der Waals surface area contributed by atoms with E-state index in [1.54, 1.807) is 38.5 Å². The molecule has 0 saturated carbocycles. The second-order valence-corrected chi connectivity index (χ2v) is 8.78. The molecule has 3 rings (SSSR count). The highest BCUT2D eigenvalue weighted by atomic mass is 32.2. The lowest BCUT2D eigenvalue weighted by molar-refractivity contribution is 0.0594. The smallest absolute Gasteiger partial charge is 0.356 e. The van der Waals surface area contributed by atoms with Crippen molar-refractivity contribution in [3.05, 3.63) is 83.7 Å². The van der Waals surface area contributed by atoms with E-state index in [0.29, 0.717) is 11.5 Å². The predicted molar refractivity (Wildman–Crippen MR) is 118 cm³/mol. The molecule has 0 spiro atoms. The summed E-state index contributed by atoms with van der Waals surface area (Å²) in [5, 5.41) is 0. The Labute approximate surface area is 187 Å². The van der Waals surface area contributed by atoms with Gasteiger partial charge in [0.05, 0.1) is 21.3 Å². The Morgan fingerprint density at radius 2 is 1.31 bits per heavy atom. The van der Waals surface area contributed by atoms with Crippen molar-refractivity contribution in [2.75, 3.05) is 21.3 Å². The molecule has 3 aromatic rings. The van der Waals surface area contributed by atoms with Crippen LogP contribution in [0.4, 0.5) is 0 Å². The van der Waals surface area contributed by atoms with Crippen molar-refractivity contribution in [2.45, 2.75) is 18.0 Å². The van der Waals surface area contributed by atoms with Crippen molar-refractivity contribution in [2.24, 2.45) is 0 Å². The molecule has 0 amide bonds. The summed E-state index contributed by atoms with van der Waals surface area (Å²) in [6.45, 7) is 0.272. The summed E-state index contributed by atoms with van der Waals surface area (Å²) in [7, 11) is 0.454. The molecule has 0 atom stereocenters. The fraction of sp³-hybridized carbons (Fsp3) is 0.217. The third kappa shape index (κ3) is 5.43. The molecule has 9 heteroatoms. The number of ether oxygens (including phenoxy) is 3. The van der Waals surface area contributed by atoms with Crippen molar-refractivity contribution in [3.8, 4) is 11.5 Å². The quantitative estimate of drug-likeness (QED) is 0.456. The Kier molecular flexibility index (Phi) is 7.45. The summed E-state index contributed by atoms with van der Waals surface area (Å²) in [5.74, 6) is 0.726. The fourth-order valence-corrected chi connectivity index (χ4v) is 4.36. The SMILES string of the molecule is COC(=O)c1ccc(S(=O)(=O)N(Cc2ccc(OC)cc2)Cc2ccc(OC)cc2)cn1. The van der Waals surface area contributed by atoms with Gasteiger partial charge < -0.3 is 14.2 Å². The van der Waals surface area contributed by atoms with E-state index in [0.717, 1.165) is 17.3 Å². The Morgan fingerprint density at radius 1 is 0.812 bits per heavy atom. The van der Waals surface area contributed by atoms with Gasteiger partial charge in [-0.2, -0.15) is 4.31 Å². The lowest BCUT2D eigenvalue weighted by Gasteiger charge is -2.23. The Morgan fingerprint density at radius 3 is 1.69 bits per heavy atom. The maximum atomic E-state index is 13.5. The van der Waals surface area contributed by atoms with Gasteiger partial charge in [-0.3, -0.25) is 0 Å². The monoisotopic (exact) mass is 456 g/mol. The molecule has 0 unspecified atom stereocenters. The molecular weight excluding hydrogens is 432 g/mol. The lowest BCUT2D eigenvalue weighted by atomic mass is 10.2. The van der Waals surface area contributed by atoms with Gasteiger partial charge in [0.2, 0.25) is 10.0 Å². The van der Waals surface area contributed by atoms with Crippen molar-refractivity contribution in [1.82, 2.24) is 9.29 Å². The number of pyridine rings is 1. The summed E-state index contributed by atoms with van der Waals surface area (Å²) in [6.07, 6.45) is 1.16. The number of aromatic nitrogens is 1. The normalized spacial score (nSPS) is 11.2. The van der Waals surface area contributed by atoms with E-state index in [4.69, 9.17) is 9.47 Å². The van der Waals surface area contributed by atoms with Crippen LogP contribution in [0.2, 0.25) is 0 Å². The second-order valence-electron chi connectivity index (χ2n) is 6.84. The van der Waals surface area contributed by atoms with Gasteiger partial charge in [-0.15, -0.1) is 0 Å². The molecule has 0 N–H and O–H groups in total. The second kappa shape index (κ2) is 10.3. The number of esters is 1. The molecule has 0 aliphatic heterocycles. The molecule has 8 nitrogen and oxygen atoms in total. The first-order valence-corrected chi connectivity index (χ1v) is 11.1. The van der Waals surface area contributed by atoms with Gasteiger partial charge in [-0.05, 0) is 47.5 Å². The van der Waals surface area contributed by atoms with E-state index < -0.39 is 16.0 Å². The first-order chi connectivity index (χ1) is 15.4. The highest BCUT2D eigenvalue weighted by Crippen LogP contribution is 2.23. The van der Waals surface area contributed by atoms with Crippen LogP contribution in [0.5, 0.6) is 11.5 Å². The van der Waals surface area contributed by atoms with Crippen molar-refractivity contribution < 1.29 is 27.4 Å². The maximum Gasteiger partial charge on any atom is 0.356 e. The molecule has 168 valence electrons. The zero-order valence-electron chi connectivity index (χ0n) is 18.0. The molecule has 0 aliphatic rings. The number of hydrogen-bond acceptors (Lipinski definition) is 7. The van der Waals surface area contributed by atoms with Crippen molar-refractivity contribution >= 4 is 16.0 Å². The average molecular weight is 457 g/mol. The summed E-state index contributed by atoms with van der Waals surface area (Å²) in [4.78, 5) is 15.6. The Balaban J connectivity index is 1.93. The van der Waals surface area contributed by atoms with Gasteiger partial charge in [0.25, 0.3) is 0 Å². The van der Waals surface area contributed by atoms with Crippen LogP contribution in [-0.4, -0.2) is 45.0 Å². The summed E-state index contributed by atoms with van der Waals surface area (Å²) in [6, 6.07) is 17.0. The molecular formula is C23H24N2O6S. The topological polar surface area (TPSA) is 95.0 Å². The molecule has 0 aliphatic carbocycles. The molecule has 0 radical (unpaired) electrons. The summed E-state index contributed by atoms with van der Waals surface area (Å²) in [5.41, 5.74) is 1.62. The van der Waals surface area contributed by atoms with E-state index in [1.165, 1.54) is 23.5 Å². The Hall–Kier alpha value is -3.43. The standard InChI is InChI=1S/C23H24N2O6S/c1-29-19-8-4-17(5-9-19)15-25(16-18-6-10-20(30-2)11-7-18)32(27,28)21-12-13-22(24-14-21)23(26)31-3/h4-14H,15-16H2,1-3H3. The van der Waals surface area contributed by atoms with Crippen molar-refractivity contribution in [3.63, 3.8) is 0 Å². The zero-order valence-corrected chi connectivity index (χ0v) is 18.8. The van der Waals surface area contributed by atoms with E-state index in [9.17, 15) is 13.2 Å². The van der Waals surface area contributed by atoms with E-state index in [-0.39, 0.29) is 23.7 Å². The third-order valence-electron chi connectivity index (χ3n) is 4.80. The van der Waals surface area contributed by atoms with Gasteiger partial charge in [0.1, 0.15) is 22.1 Å². The van der Waals surface area contributed by atoms with Crippen LogP contribution >= 0.6 is 0 Å². The van der Waals surface area contributed by atoms with Gasteiger partial charge in [-0.1, -0.05) is 24.3 Å². The Bertz CT molecular complexity index is 1100. The van der Waals surface area contributed by atoms with Gasteiger partial charge in [0.15, 0.2) is 0 Å². The number of carbonyl (C=O) groups excluding carboxylic acids is 1. The third-order valence-corrected chi connectivity index (χ3v) is 6.58. The fourth-order valence-electron chi connectivity index (χ4n) is 3.00. The van der Waals surface area contributed by atoms with Crippen LogP contribution < -0.4 is 9.47 Å². The number of methoxy groups -OCH3 is 3. The number of rotatable bonds is 9. The van der Waals surface area contributed by atoms with Crippen molar-refractivity contribution in [1.29, 1.82) is 0 Å². The first kappa shape index (κ1) is 23.2. The number of carbonyl (C=O) groups is 1. The molecule has 0 saturated heterocycles. The van der Waals surface area contributed by atoms with E-state index in [2.05, 4.69) is 9.72 Å². The van der Waals surface area contributed by atoms with E-state index >= 15 is 0 Å². The molecule has 32 heavy (non-hydrogen) atoms. The lowest BCUT2D eigenvalue weighted by Crippen LogP contribution is -2.30. The minimum atomic E-state index is -3.92. The van der Waals surface area contributed by atoms with Crippen LogP contribution in [0.3, 0.4) is 0 Å². The molecule has 0 bridgehead atoms. The average Bonchev–Trinajstić information content (AvgIpc) is 2.84. The van der Waals surface area contributed by atoms with Gasteiger partial charge in [0, 0.05) is 19.3 Å². The van der Waals surface area contributed by atoms with Crippen LogP contribution in [0.1, 0.15) is 21.6 Å².